The summed E-state index contributed by atoms with van der Waals surface area (Å²) in [6, 6.07) is 14.3. The Bertz CT molecular complexity index is 789. The van der Waals surface area contributed by atoms with Gasteiger partial charge in [-0.25, -0.2) is 0 Å². The first-order chi connectivity index (χ1) is 14.1. The molecule has 2 amide bonds. The van der Waals surface area contributed by atoms with Crippen molar-refractivity contribution in [1.82, 2.24) is 4.90 Å². The molecule has 0 saturated carbocycles. The van der Waals surface area contributed by atoms with Crippen molar-refractivity contribution < 1.29 is 19.1 Å². The standard InChI is InChI=1S/C22H29N3O4/c1-4-25(5-2)22(27)17-9-11-18(12-10-17)23-16-21(26)24-19-7-6-8-20(15-19)29-14-13-28-3/h6-12,15,23H,4-5,13-14,16H2,1-3H3,(H,24,26). The Kier molecular flexibility index (Phi) is 8.98. The molecule has 0 aliphatic heterocycles. The maximum atomic E-state index is 12.3. The Morgan fingerprint density at radius 1 is 0.966 bits per heavy atom. The fourth-order valence-corrected chi connectivity index (χ4v) is 2.72. The molecule has 0 aromatic heterocycles. The van der Waals surface area contributed by atoms with Crippen LogP contribution in [-0.2, 0) is 9.53 Å². The number of rotatable bonds is 11. The van der Waals surface area contributed by atoms with E-state index in [9.17, 15) is 9.59 Å². The Morgan fingerprint density at radius 3 is 2.34 bits per heavy atom. The minimum Gasteiger partial charge on any atom is -0.491 e. The van der Waals surface area contributed by atoms with E-state index in [1.54, 1.807) is 48.4 Å². The van der Waals surface area contributed by atoms with E-state index in [-0.39, 0.29) is 18.4 Å². The van der Waals surface area contributed by atoms with Crippen LogP contribution in [0.4, 0.5) is 11.4 Å². The molecule has 0 aliphatic carbocycles. The first-order valence-electron chi connectivity index (χ1n) is 9.72. The number of nitrogens with zero attached hydrogens (tertiary/aromatic N) is 1. The van der Waals surface area contributed by atoms with Gasteiger partial charge < -0.3 is 25.0 Å². The van der Waals surface area contributed by atoms with Crippen LogP contribution in [0.3, 0.4) is 0 Å². The normalized spacial score (nSPS) is 10.3. The summed E-state index contributed by atoms with van der Waals surface area (Å²) in [4.78, 5) is 26.3. The predicted molar refractivity (Wildman–Crippen MR) is 115 cm³/mol. The van der Waals surface area contributed by atoms with Crippen molar-refractivity contribution in [3.8, 4) is 5.75 Å². The summed E-state index contributed by atoms with van der Waals surface area (Å²) in [5.41, 5.74) is 2.06. The molecule has 2 aromatic carbocycles. The van der Waals surface area contributed by atoms with Crippen LogP contribution in [0.25, 0.3) is 0 Å². The van der Waals surface area contributed by atoms with E-state index < -0.39 is 0 Å². The first-order valence-corrected chi connectivity index (χ1v) is 9.72. The second-order valence-electron chi connectivity index (χ2n) is 6.33. The van der Waals surface area contributed by atoms with Gasteiger partial charge in [0.25, 0.3) is 5.91 Å². The van der Waals surface area contributed by atoms with Crippen LogP contribution in [0.15, 0.2) is 48.5 Å². The van der Waals surface area contributed by atoms with Gasteiger partial charge in [0, 0.05) is 43.2 Å². The van der Waals surface area contributed by atoms with Crippen LogP contribution in [0.2, 0.25) is 0 Å². The fourth-order valence-electron chi connectivity index (χ4n) is 2.72. The SMILES string of the molecule is CCN(CC)C(=O)c1ccc(NCC(=O)Nc2cccc(OCCOC)c2)cc1. The van der Waals surface area contributed by atoms with Crippen molar-refractivity contribution in [3.63, 3.8) is 0 Å². The summed E-state index contributed by atoms with van der Waals surface area (Å²) >= 11 is 0. The van der Waals surface area contributed by atoms with Crippen LogP contribution in [-0.4, -0.2) is 56.7 Å². The van der Waals surface area contributed by atoms with Crippen LogP contribution in [0.1, 0.15) is 24.2 Å². The zero-order valence-electron chi connectivity index (χ0n) is 17.2. The lowest BCUT2D eigenvalue weighted by atomic mass is 10.1. The highest BCUT2D eigenvalue weighted by atomic mass is 16.5. The van der Waals surface area contributed by atoms with Crippen LogP contribution >= 0.6 is 0 Å². The highest BCUT2D eigenvalue weighted by Gasteiger charge is 2.12. The minimum absolute atomic E-state index is 0.00638. The quantitative estimate of drug-likeness (QED) is 0.567. The molecule has 0 bridgehead atoms. The minimum atomic E-state index is -0.178. The molecular weight excluding hydrogens is 370 g/mol. The number of carbonyl (C=O) groups excluding carboxylic acids is 2. The number of nitrogens with one attached hydrogen (secondary N) is 2. The van der Waals surface area contributed by atoms with E-state index >= 15 is 0 Å². The number of methoxy groups -OCH3 is 1. The summed E-state index contributed by atoms with van der Waals surface area (Å²) in [5.74, 6) is 0.496. The number of amides is 2. The molecule has 0 spiro atoms. The summed E-state index contributed by atoms with van der Waals surface area (Å²) in [6.07, 6.45) is 0. The Balaban J connectivity index is 1.85. The number of hydrogen-bond donors (Lipinski definition) is 2. The Hall–Kier alpha value is -3.06. The summed E-state index contributed by atoms with van der Waals surface area (Å²) < 4.78 is 10.5. The highest BCUT2D eigenvalue weighted by molar-refractivity contribution is 5.95. The molecule has 0 heterocycles. The van der Waals surface area contributed by atoms with Gasteiger partial charge in [-0.2, -0.15) is 0 Å². The number of hydrogen-bond acceptors (Lipinski definition) is 5. The molecule has 2 aromatic rings. The molecule has 0 saturated heterocycles. The van der Waals surface area contributed by atoms with Crippen molar-refractivity contribution in [3.05, 3.63) is 54.1 Å². The number of benzene rings is 2. The van der Waals surface area contributed by atoms with Gasteiger partial charge in [0.2, 0.25) is 5.91 Å². The lowest BCUT2D eigenvalue weighted by molar-refractivity contribution is -0.114. The number of ether oxygens (including phenoxy) is 2. The summed E-state index contributed by atoms with van der Waals surface area (Å²) in [5, 5.41) is 5.89. The van der Waals surface area contributed by atoms with Crippen LogP contribution < -0.4 is 15.4 Å². The van der Waals surface area contributed by atoms with Gasteiger partial charge in [-0.1, -0.05) is 6.07 Å². The molecule has 0 aliphatic rings. The third-order valence-electron chi connectivity index (χ3n) is 4.31. The van der Waals surface area contributed by atoms with Gasteiger partial charge in [0.05, 0.1) is 13.2 Å². The van der Waals surface area contributed by atoms with E-state index in [0.717, 1.165) is 5.69 Å². The van der Waals surface area contributed by atoms with E-state index in [1.807, 2.05) is 26.0 Å². The molecule has 29 heavy (non-hydrogen) atoms. The average molecular weight is 399 g/mol. The molecule has 2 N–H and O–H groups in total. The van der Waals surface area contributed by atoms with Gasteiger partial charge >= 0.3 is 0 Å². The average Bonchev–Trinajstić information content (AvgIpc) is 2.74. The third kappa shape index (κ3) is 7.12. The summed E-state index contributed by atoms with van der Waals surface area (Å²) in [7, 11) is 1.61. The molecule has 2 rings (SSSR count). The smallest absolute Gasteiger partial charge is 0.253 e. The lowest BCUT2D eigenvalue weighted by Crippen LogP contribution is -2.30. The van der Waals surface area contributed by atoms with Crippen molar-refractivity contribution in [1.29, 1.82) is 0 Å². The van der Waals surface area contributed by atoms with Crippen LogP contribution in [0.5, 0.6) is 5.75 Å². The monoisotopic (exact) mass is 399 g/mol. The van der Waals surface area contributed by atoms with Gasteiger partial charge in [-0.05, 0) is 50.2 Å². The zero-order valence-corrected chi connectivity index (χ0v) is 17.2. The molecule has 0 atom stereocenters. The van der Waals surface area contributed by atoms with E-state index in [2.05, 4.69) is 10.6 Å². The maximum Gasteiger partial charge on any atom is 0.253 e. The van der Waals surface area contributed by atoms with E-state index in [0.29, 0.717) is 43.3 Å². The molecule has 0 fully saturated rings. The van der Waals surface area contributed by atoms with Gasteiger partial charge in [-0.3, -0.25) is 9.59 Å². The molecule has 7 heteroatoms. The first kappa shape index (κ1) is 22.2. The second-order valence-corrected chi connectivity index (χ2v) is 6.33. The Morgan fingerprint density at radius 2 is 1.69 bits per heavy atom. The zero-order chi connectivity index (χ0) is 21.1. The third-order valence-corrected chi connectivity index (χ3v) is 4.31. The van der Waals surface area contributed by atoms with Gasteiger partial charge in [-0.15, -0.1) is 0 Å². The molecular formula is C22H29N3O4. The number of anilines is 2. The van der Waals surface area contributed by atoms with E-state index in [4.69, 9.17) is 9.47 Å². The highest BCUT2D eigenvalue weighted by Crippen LogP contribution is 2.17. The molecule has 156 valence electrons. The van der Waals surface area contributed by atoms with Crippen LogP contribution in [0, 0.1) is 0 Å². The van der Waals surface area contributed by atoms with Gasteiger partial charge in [0.1, 0.15) is 12.4 Å². The summed E-state index contributed by atoms with van der Waals surface area (Å²) in [6.45, 7) is 6.32. The molecule has 0 unspecified atom stereocenters. The molecule has 0 radical (unpaired) electrons. The largest absolute Gasteiger partial charge is 0.491 e. The number of carbonyl (C=O) groups is 2. The Labute approximate surface area is 172 Å². The lowest BCUT2D eigenvalue weighted by Gasteiger charge is -2.18. The second kappa shape index (κ2) is 11.7. The van der Waals surface area contributed by atoms with Crippen molar-refractivity contribution in [2.75, 3.05) is 50.6 Å². The van der Waals surface area contributed by atoms with Crippen molar-refractivity contribution in [2.24, 2.45) is 0 Å². The van der Waals surface area contributed by atoms with Crippen molar-refractivity contribution >= 4 is 23.2 Å². The predicted octanol–water partition coefficient (Wildman–Crippen LogP) is 3.24. The van der Waals surface area contributed by atoms with Crippen molar-refractivity contribution in [2.45, 2.75) is 13.8 Å². The topological polar surface area (TPSA) is 79.9 Å². The maximum absolute atomic E-state index is 12.3. The van der Waals surface area contributed by atoms with Gasteiger partial charge in [0.15, 0.2) is 0 Å². The molecule has 7 nitrogen and oxygen atoms in total. The van der Waals surface area contributed by atoms with E-state index in [1.165, 1.54) is 0 Å². The fraction of sp³-hybridized carbons (Fsp3) is 0.364.